The summed E-state index contributed by atoms with van der Waals surface area (Å²) in [7, 11) is 0. The maximum absolute atomic E-state index is 11.0. The molecule has 0 spiro atoms. The molecule has 1 aromatic rings. The summed E-state index contributed by atoms with van der Waals surface area (Å²) < 4.78 is 5.45. The van der Waals surface area contributed by atoms with E-state index in [0.29, 0.717) is 12.5 Å². The molecule has 33 heavy (non-hydrogen) atoms. The fourth-order valence-corrected chi connectivity index (χ4v) is 4.11. The highest BCUT2D eigenvalue weighted by Crippen LogP contribution is 2.30. The molecule has 3 unspecified atom stereocenters. The highest BCUT2D eigenvalue weighted by Gasteiger charge is 2.26. The van der Waals surface area contributed by atoms with Gasteiger partial charge in [0, 0.05) is 56.6 Å². The zero-order chi connectivity index (χ0) is 23.5. The maximum Gasteiger partial charge on any atom is 0.153 e. The molecule has 0 aliphatic carbocycles. The number of rotatable bonds is 11. The largest absolute Gasteiger partial charge is 0.379 e. The van der Waals surface area contributed by atoms with E-state index in [-0.39, 0.29) is 0 Å². The van der Waals surface area contributed by atoms with Gasteiger partial charge in [0.05, 0.1) is 13.2 Å². The predicted octanol–water partition coefficient (Wildman–Crippen LogP) is 2.52. The van der Waals surface area contributed by atoms with E-state index in [2.05, 4.69) is 39.7 Å². The molecule has 0 amide bonds. The Kier molecular flexibility index (Phi) is 10.1. The van der Waals surface area contributed by atoms with Crippen molar-refractivity contribution in [1.29, 1.82) is 0 Å². The van der Waals surface area contributed by atoms with Crippen LogP contribution in [-0.2, 0) is 11.3 Å². The standard InChI is InChI=1S/C25H37N5O3/c1-3-10-26-23(31)9-5-4-6-11-27-25(32)22-17-21(19-29-13-15-33-16-14-29)18-28-24(22)30-12-7-8-20(30)2/h3-6,10-11,17-18,20,23,25,27,31-32H,1,7-9,12-16,19H2,2H3/b5-4+,11-6+,26-10+. The molecule has 8 nitrogen and oxygen atoms in total. The lowest BCUT2D eigenvalue weighted by molar-refractivity contribution is 0.0341. The number of pyridine rings is 1. The molecule has 3 rings (SSSR count). The van der Waals surface area contributed by atoms with Crippen LogP contribution in [0.3, 0.4) is 0 Å². The fourth-order valence-electron chi connectivity index (χ4n) is 4.11. The van der Waals surface area contributed by atoms with Gasteiger partial charge < -0.3 is 25.2 Å². The average Bonchev–Trinajstić information content (AvgIpc) is 3.26. The first-order valence-electron chi connectivity index (χ1n) is 11.7. The Morgan fingerprint density at radius 1 is 1.30 bits per heavy atom. The van der Waals surface area contributed by atoms with Crippen LogP contribution in [0.1, 0.15) is 43.5 Å². The van der Waals surface area contributed by atoms with Gasteiger partial charge >= 0.3 is 0 Å². The number of hydrogen-bond acceptors (Lipinski definition) is 8. The number of ether oxygens (including phenoxy) is 1. The molecule has 2 aliphatic heterocycles. The zero-order valence-electron chi connectivity index (χ0n) is 19.5. The summed E-state index contributed by atoms with van der Waals surface area (Å²) in [5, 5.41) is 23.7. The van der Waals surface area contributed by atoms with Gasteiger partial charge in [0.15, 0.2) is 6.23 Å². The third-order valence-corrected chi connectivity index (χ3v) is 5.89. The summed E-state index contributed by atoms with van der Waals surface area (Å²) in [5.74, 6) is 0.845. The van der Waals surface area contributed by atoms with Gasteiger partial charge in [-0.3, -0.25) is 9.89 Å². The molecule has 0 saturated carbocycles. The number of nitrogens with zero attached hydrogens (tertiary/aromatic N) is 4. The van der Waals surface area contributed by atoms with Crippen molar-refractivity contribution in [2.45, 2.75) is 51.2 Å². The summed E-state index contributed by atoms with van der Waals surface area (Å²) >= 11 is 0. The van der Waals surface area contributed by atoms with Crippen LogP contribution in [0.4, 0.5) is 5.82 Å². The van der Waals surface area contributed by atoms with Crippen molar-refractivity contribution in [2.75, 3.05) is 37.7 Å². The van der Waals surface area contributed by atoms with Crippen molar-refractivity contribution in [3.05, 3.63) is 60.5 Å². The second kappa shape index (κ2) is 13.3. The van der Waals surface area contributed by atoms with E-state index in [1.807, 2.05) is 18.3 Å². The van der Waals surface area contributed by atoms with E-state index >= 15 is 0 Å². The van der Waals surface area contributed by atoms with Gasteiger partial charge in [-0.15, -0.1) is 0 Å². The molecule has 0 aromatic carbocycles. The fraction of sp³-hybridized carbons (Fsp3) is 0.520. The molecule has 3 atom stereocenters. The Balaban J connectivity index is 1.66. The van der Waals surface area contributed by atoms with Crippen LogP contribution in [0.5, 0.6) is 0 Å². The van der Waals surface area contributed by atoms with E-state index in [0.717, 1.165) is 69.2 Å². The number of morpholine rings is 1. The number of hydrogen-bond donors (Lipinski definition) is 3. The van der Waals surface area contributed by atoms with Crippen LogP contribution < -0.4 is 10.2 Å². The average molecular weight is 456 g/mol. The second-order valence-corrected chi connectivity index (χ2v) is 8.44. The molecule has 0 radical (unpaired) electrons. The normalized spacial score (nSPS) is 21.9. The lowest BCUT2D eigenvalue weighted by Gasteiger charge is -2.29. The Morgan fingerprint density at radius 2 is 2.12 bits per heavy atom. The first-order valence-corrected chi connectivity index (χ1v) is 11.7. The van der Waals surface area contributed by atoms with Crippen molar-refractivity contribution < 1.29 is 14.9 Å². The first kappa shape index (κ1) is 25.1. The van der Waals surface area contributed by atoms with E-state index in [1.165, 1.54) is 12.3 Å². The topological polar surface area (TPSA) is 93.5 Å². The van der Waals surface area contributed by atoms with E-state index in [1.54, 1.807) is 12.3 Å². The van der Waals surface area contributed by atoms with Gasteiger partial charge in [-0.1, -0.05) is 24.8 Å². The molecule has 8 heteroatoms. The van der Waals surface area contributed by atoms with Crippen LogP contribution in [0, 0.1) is 0 Å². The summed E-state index contributed by atoms with van der Waals surface area (Å²) in [6.07, 6.45) is 13.1. The number of aliphatic imine (C=N–C) groups is 1. The minimum absolute atomic E-state index is 0.404. The quantitative estimate of drug-likeness (QED) is 0.268. The third-order valence-electron chi connectivity index (χ3n) is 5.89. The molecule has 2 fully saturated rings. The van der Waals surface area contributed by atoms with E-state index < -0.39 is 12.5 Å². The lowest BCUT2D eigenvalue weighted by Crippen LogP contribution is -2.36. The minimum Gasteiger partial charge on any atom is -0.379 e. The highest BCUT2D eigenvalue weighted by molar-refractivity contribution is 5.70. The van der Waals surface area contributed by atoms with Crippen molar-refractivity contribution in [2.24, 2.45) is 4.99 Å². The monoisotopic (exact) mass is 455 g/mol. The summed E-state index contributed by atoms with van der Waals surface area (Å²) in [6, 6.07) is 2.47. The summed E-state index contributed by atoms with van der Waals surface area (Å²) in [4.78, 5) is 13.3. The molecule has 2 aliphatic rings. The van der Waals surface area contributed by atoms with Crippen LogP contribution in [0.15, 0.2) is 54.3 Å². The summed E-state index contributed by atoms with van der Waals surface area (Å²) in [5.41, 5.74) is 1.87. The number of anilines is 1. The van der Waals surface area contributed by atoms with Crippen molar-refractivity contribution in [3.8, 4) is 0 Å². The van der Waals surface area contributed by atoms with Gasteiger partial charge in [0.1, 0.15) is 12.0 Å². The molecule has 2 saturated heterocycles. The predicted molar refractivity (Wildman–Crippen MR) is 132 cm³/mol. The van der Waals surface area contributed by atoms with Crippen LogP contribution in [-0.4, -0.2) is 71.4 Å². The minimum atomic E-state index is -0.877. The van der Waals surface area contributed by atoms with Gasteiger partial charge in [-0.25, -0.2) is 4.98 Å². The number of aliphatic hydroxyl groups is 2. The Bertz CT molecular complexity index is 835. The molecular formula is C25H37N5O3. The van der Waals surface area contributed by atoms with Gasteiger partial charge in [0.25, 0.3) is 0 Å². The van der Waals surface area contributed by atoms with Crippen molar-refractivity contribution >= 4 is 12.0 Å². The maximum atomic E-state index is 11.0. The smallest absolute Gasteiger partial charge is 0.153 e. The lowest BCUT2D eigenvalue weighted by atomic mass is 10.1. The molecule has 3 N–H and O–H groups in total. The zero-order valence-corrected chi connectivity index (χ0v) is 19.5. The highest BCUT2D eigenvalue weighted by atomic mass is 16.5. The first-order chi connectivity index (χ1) is 16.1. The van der Waals surface area contributed by atoms with Gasteiger partial charge in [-0.2, -0.15) is 0 Å². The van der Waals surface area contributed by atoms with Crippen molar-refractivity contribution in [3.63, 3.8) is 0 Å². The molecule has 0 bridgehead atoms. The van der Waals surface area contributed by atoms with Gasteiger partial charge in [0.2, 0.25) is 0 Å². The molecule has 180 valence electrons. The summed E-state index contributed by atoms with van der Waals surface area (Å²) in [6.45, 7) is 10.8. The third kappa shape index (κ3) is 7.78. The van der Waals surface area contributed by atoms with Gasteiger partial charge in [-0.05, 0) is 43.7 Å². The van der Waals surface area contributed by atoms with Crippen LogP contribution in [0.2, 0.25) is 0 Å². The van der Waals surface area contributed by atoms with E-state index in [4.69, 9.17) is 9.72 Å². The number of allylic oxidation sites excluding steroid dienone is 3. The molecule has 1 aromatic heterocycles. The molecule has 3 heterocycles. The Hall–Kier alpha value is -2.52. The van der Waals surface area contributed by atoms with E-state index in [9.17, 15) is 10.2 Å². The Morgan fingerprint density at radius 3 is 2.85 bits per heavy atom. The molecular weight excluding hydrogens is 418 g/mol. The van der Waals surface area contributed by atoms with Crippen molar-refractivity contribution in [1.82, 2.24) is 15.2 Å². The second-order valence-electron chi connectivity index (χ2n) is 8.44. The number of aromatic nitrogens is 1. The number of aliphatic hydroxyl groups excluding tert-OH is 2. The Labute approximate surface area is 197 Å². The number of nitrogens with one attached hydrogen (secondary N) is 1. The van der Waals surface area contributed by atoms with Crippen LogP contribution in [0.25, 0.3) is 0 Å². The van der Waals surface area contributed by atoms with Crippen LogP contribution >= 0.6 is 0 Å². The SMILES string of the molecule is C=C/C=N/C(O)C/C=C/C=C/NC(O)c1cc(CN2CCOCC2)cnc1N1CCCC1C.